The van der Waals surface area contributed by atoms with Crippen molar-refractivity contribution >= 4 is 17.1 Å². The van der Waals surface area contributed by atoms with E-state index >= 15 is 0 Å². The minimum absolute atomic E-state index is 0.628. The Morgan fingerprint density at radius 1 is 1.26 bits per heavy atom. The van der Waals surface area contributed by atoms with Crippen LogP contribution in [0, 0.1) is 0 Å². The summed E-state index contributed by atoms with van der Waals surface area (Å²) in [5.74, 6) is 0. The van der Waals surface area contributed by atoms with E-state index in [1.807, 2.05) is 23.1 Å². The molecule has 2 rings (SSSR count). The number of fused-ring (bicyclic) bond motifs is 1. The number of aryl methyl sites for hydroxylation is 1. The van der Waals surface area contributed by atoms with Crippen LogP contribution in [0.15, 0.2) is 47.9 Å². The lowest BCUT2D eigenvalue weighted by atomic mass is 10.1. The van der Waals surface area contributed by atoms with Crippen molar-refractivity contribution in [2.75, 3.05) is 18.0 Å². The minimum Gasteiger partial charge on any atom is -0.423 e. The normalized spacial score (nSPS) is 10.6. The summed E-state index contributed by atoms with van der Waals surface area (Å²) < 4.78 is 5.79. The predicted octanol–water partition coefficient (Wildman–Crippen LogP) is 3.96. The SMILES string of the molecule is C=CCN(CC=C)c1nc2cc(CCC)ccc2o1. The number of benzene rings is 1. The fourth-order valence-corrected chi connectivity index (χ4v) is 2.08. The number of oxazole rings is 1. The highest BCUT2D eigenvalue weighted by Crippen LogP contribution is 2.23. The fourth-order valence-electron chi connectivity index (χ4n) is 2.08. The molecule has 0 N–H and O–H groups in total. The molecule has 2 aromatic rings. The molecule has 3 nitrogen and oxygen atoms in total. The van der Waals surface area contributed by atoms with Crippen LogP contribution in [-0.4, -0.2) is 18.1 Å². The van der Waals surface area contributed by atoms with Crippen LogP contribution in [0.2, 0.25) is 0 Å². The van der Waals surface area contributed by atoms with Gasteiger partial charge in [-0.15, -0.1) is 13.2 Å². The van der Waals surface area contributed by atoms with Gasteiger partial charge in [-0.1, -0.05) is 31.6 Å². The summed E-state index contributed by atoms with van der Waals surface area (Å²) in [5, 5.41) is 0. The molecule has 0 saturated carbocycles. The van der Waals surface area contributed by atoms with Crippen molar-refractivity contribution in [3.8, 4) is 0 Å². The number of rotatable bonds is 7. The summed E-state index contributed by atoms with van der Waals surface area (Å²) in [6.45, 7) is 11.1. The molecule has 0 amide bonds. The molecule has 0 aliphatic carbocycles. The lowest BCUT2D eigenvalue weighted by molar-refractivity contribution is 0.584. The molecular formula is C16H20N2O. The third-order valence-electron chi connectivity index (χ3n) is 2.95. The number of aromatic nitrogens is 1. The Morgan fingerprint density at radius 3 is 2.63 bits per heavy atom. The summed E-state index contributed by atoms with van der Waals surface area (Å²) in [4.78, 5) is 6.56. The molecule has 0 aliphatic rings. The zero-order valence-electron chi connectivity index (χ0n) is 11.4. The van der Waals surface area contributed by atoms with Gasteiger partial charge in [-0.2, -0.15) is 4.98 Å². The second kappa shape index (κ2) is 6.23. The van der Waals surface area contributed by atoms with Crippen molar-refractivity contribution in [2.24, 2.45) is 0 Å². The van der Waals surface area contributed by atoms with E-state index in [9.17, 15) is 0 Å². The molecule has 0 radical (unpaired) electrons. The Balaban J connectivity index is 2.33. The summed E-state index contributed by atoms with van der Waals surface area (Å²) >= 11 is 0. The van der Waals surface area contributed by atoms with Gasteiger partial charge in [0.05, 0.1) is 0 Å². The Labute approximate surface area is 114 Å². The first-order valence-electron chi connectivity index (χ1n) is 6.64. The fraction of sp³-hybridized carbons (Fsp3) is 0.312. The third-order valence-corrected chi connectivity index (χ3v) is 2.95. The maximum absolute atomic E-state index is 5.79. The van der Waals surface area contributed by atoms with Gasteiger partial charge >= 0.3 is 0 Å². The number of anilines is 1. The largest absolute Gasteiger partial charge is 0.423 e. The highest BCUT2D eigenvalue weighted by Gasteiger charge is 2.12. The molecule has 0 unspecified atom stereocenters. The predicted molar refractivity (Wildman–Crippen MR) is 80.6 cm³/mol. The van der Waals surface area contributed by atoms with Crippen LogP contribution in [0.3, 0.4) is 0 Å². The van der Waals surface area contributed by atoms with Crippen LogP contribution < -0.4 is 4.90 Å². The average Bonchev–Trinajstić information content (AvgIpc) is 2.82. The first-order chi connectivity index (χ1) is 9.28. The molecule has 1 aromatic carbocycles. The Morgan fingerprint density at radius 2 is 2.00 bits per heavy atom. The second-order valence-corrected chi connectivity index (χ2v) is 4.53. The smallest absolute Gasteiger partial charge is 0.298 e. The van der Waals surface area contributed by atoms with Crippen molar-refractivity contribution in [1.82, 2.24) is 4.98 Å². The molecule has 3 heteroatoms. The van der Waals surface area contributed by atoms with E-state index in [2.05, 4.69) is 37.2 Å². The molecular weight excluding hydrogens is 236 g/mol. The van der Waals surface area contributed by atoms with Crippen molar-refractivity contribution in [3.63, 3.8) is 0 Å². The van der Waals surface area contributed by atoms with Crippen LogP contribution in [0.1, 0.15) is 18.9 Å². The molecule has 0 fully saturated rings. The number of hydrogen-bond donors (Lipinski definition) is 0. The zero-order valence-corrected chi connectivity index (χ0v) is 11.4. The van der Waals surface area contributed by atoms with Gasteiger partial charge in [-0.3, -0.25) is 0 Å². The van der Waals surface area contributed by atoms with Gasteiger partial charge in [-0.25, -0.2) is 0 Å². The zero-order chi connectivity index (χ0) is 13.7. The lowest BCUT2D eigenvalue weighted by Gasteiger charge is -2.15. The van der Waals surface area contributed by atoms with Gasteiger partial charge in [0, 0.05) is 13.1 Å². The van der Waals surface area contributed by atoms with Gasteiger partial charge < -0.3 is 9.32 Å². The molecule has 0 bridgehead atoms. The van der Waals surface area contributed by atoms with Crippen LogP contribution in [0.25, 0.3) is 11.1 Å². The van der Waals surface area contributed by atoms with Crippen LogP contribution in [-0.2, 0) is 6.42 Å². The molecule has 1 heterocycles. The number of nitrogens with zero attached hydrogens (tertiary/aromatic N) is 2. The molecule has 100 valence electrons. The second-order valence-electron chi connectivity index (χ2n) is 4.53. The summed E-state index contributed by atoms with van der Waals surface area (Å²) in [6, 6.07) is 6.83. The first kappa shape index (κ1) is 13.4. The van der Waals surface area contributed by atoms with Crippen molar-refractivity contribution < 1.29 is 4.42 Å². The summed E-state index contributed by atoms with van der Waals surface area (Å²) in [7, 11) is 0. The Hall–Kier alpha value is -2.03. The molecule has 1 aromatic heterocycles. The van der Waals surface area contributed by atoms with Crippen molar-refractivity contribution in [3.05, 3.63) is 49.1 Å². The van der Waals surface area contributed by atoms with E-state index in [1.54, 1.807) is 0 Å². The molecule has 0 atom stereocenters. The van der Waals surface area contributed by atoms with E-state index in [-0.39, 0.29) is 0 Å². The van der Waals surface area contributed by atoms with E-state index in [0.717, 1.165) is 23.9 Å². The van der Waals surface area contributed by atoms with Crippen molar-refractivity contribution in [1.29, 1.82) is 0 Å². The maximum Gasteiger partial charge on any atom is 0.298 e. The molecule has 19 heavy (non-hydrogen) atoms. The molecule has 0 aliphatic heterocycles. The van der Waals surface area contributed by atoms with E-state index in [0.29, 0.717) is 19.1 Å². The summed E-state index contributed by atoms with van der Waals surface area (Å²) in [6.07, 6.45) is 5.87. The average molecular weight is 256 g/mol. The highest BCUT2D eigenvalue weighted by molar-refractivity contribution is 5.75. The first-order valence-corrected chi connectivity index (χ1v) is 6.64. The van der Waals surface area contributed by atoms with Gasteiger partial charge in [0.1, 0.15) is 5.52 Å². The van der Waals surface area contributed by atoms with E-state index in [1.165, 1.54) is 5.56 Å². The Kier molecular flexibility index (Phi) is 4.39. The van der Waals surface area contributed by atoms with Gasteiger partial charge in [-0.05, 0) is 24.1 Å². The van der Waals surface area contributed by atoms with Gasteiger partial charge in [0.2, 0.25) is 0 Å². The van der Waals surface area contributed by atoms with Crippen LogP contribution in [0.5, 0.6) is 0 Å². The summed E-state index contributed by atoms with van der Waals surface area (Å²) in [5.41, 5.74) is 3.04. The monoisotopic (exact) mass is 256 g/mol. The van der Waals surface area contributed by atoms with Gasteiger partial charge in [0.15, 0.2) is 5.58 Å². The van der Waals surface area contributed by atoms with E-state index in [4.69, 9.17) is 4.42 Å². The molecule has 0 spiro atoms. The molecule has 0 saturated heterocycles. The van der Waals surface area contributed by atoms with Gasteiger partial charge in [0.25, 0.3) is 6.01 Å². The maximum atomic E-state index is 5.79. The number of hydrogen-bond acceptors (Lipinski definition) is 3. The topological polar surface area (TPSA) is 29.3 Å². The van der Waals surface area contributed by atoms with E-state index < -0.39 is 0 Å². The minimum atomic E-state index is 0.628. The lowest BCUT2D eigenvalue weighted by Crippen LogP contribution is -2.23. The highest BCUT2D eigenvalue weighted by atomic mass is 16.4. The Bertz CT molecular complexity index is 561. The quantitative estimate of drug-likeness (QED) is 0.702. The van der Waals surface area contributed by atoms with Crippen molar-refractivity contribution in [2.45, 2.75) is 19.8 Å². The standard InChI is InChI=1S/C16H20N2O/c1-4-7-13-8-9-15-14(12-13)17-16(19-15)18(10-5-2)11-6-3/h5-6,8-9,12H,2-4,7,10-11H2,1H3. The third kappa shape index (κ3) is 3.05. The van der Waals surface area contributed by atoms with Crippen LogP contribution in [0.4, 0.5) is 6.01 Å². The van der Waals surface area contributed by atoms with Crippen LogP contribution >= 0.6 is 0 Å².